The average Bonchev–Trinajstić information content (AvgIpc) is 1.87. The number of rotatable bonds is 0. The van der Waals surface area contributed by atoms with E-state index in [9.17, 15) is 0 Å². The van der Waals surface area contributed by atoms with Gasteiger partial charge in [0.15, 0.2) is 0 Å². The molecule has 15 heavy (non-hydrogen) atoms. The fraction of sp³-hybridized carbons (Fsp3) is 0.571. The second kappa shape index (κ2) is 23.6. The van der Waals surface area contributed by atoms with Gasteiger partial charge < -0.3 is 11.8 Å². The van der Waals surface area contributed by atoms with Crippen LogP contribution in [0.5, 0.6) is 0 Å². The molecule has 0 aliphatic heterocycles. The van der Waals surface area contributed by atoms with Crippen LogP contribution in [0.1, 0.15) is 56.4 Å². The molecule has 0 heterocycles. The van der Waals surface area contributed by atoms with Gasteiger partial charge in [-0.05, 0) is 0 Å². The molecule has 0 nitrogen and oxygen atoms in total. The molecule has 1 radical (unpaired) electrons. The van der Waals surface area contributed by atoms with Crippen molar-refractivity contribution in [3.8, 4) is 23.7 Å². The first-order valence-corrected chi connectivity index (χ1v) is 4.00. The van der Waals surface area contributed by atoms with Crippen LogP contribution in [0, 0.1) is 35.5 Å². The monoisotopic (exact) mass is 283 g/mol. The van der Waals surface area contributed by atoms with E-state index in [2.05, 4.69) is 23.7 Å². The van der Waals surface area contributed by atoms with Gasteiger partial charge in [-0.15, -0.1) is 27.7 Å². The van der Waals surface area contributed by atoms with Crippen LogP contribution >= 0.6 is 0 Å². The maximum Gasteiger partial charge on any atom is 0 e. The van der Waals surface area contributed by atoms with E-state index in [0.29, 0.717) is 0 Å². The van der Waals surface area contributed by atoms with E-state index in [1.54, 1.807) is 0 Å². The quantitative estimate of drug-likeness (QED) is 0.453. The van der Waals surface area contributed by atoms with Gasteiger partial charge >= 0.3 is 0 Å². The van der Waals surface area contributed by atoms with E-state index in [0.717, 1.165) is 0 Å². The summed E-state index contributed by atoms with van der Waals surface area (Å²) in [6.07, 6.45) is 0. The van der Waals surface area contributed by atoms with Gasteiger partial charge in [-0.2, -0.15) is 11.8 Å². The minimum atomic E-state index is 0. The van der Waals surface area contributed by atoms with Gasteiger partial charge in [-0.1, -0.05) is 28.7 Å². The minimum Gasteiger partial charge on any atom is -0.330 e. The van der Waals surface area contributed by atoms with Crippen LogP contribution in [-0.2, 0) is 32.7 Å². The Hall–Kier alpha value is -0.0361. The third-order valence-corrected chi connectivity index (χ3v) is 0.750. The van der Waals surface area contributed by atoms with Crippen molar-refractivity contribution in [2.75, 3.05) is 0 Å². The Bertz CT molecular complexity index is 169. The molecule has 0 N–H and O–H groups in total. The SMILES string of the molecule is C.C.CC#C[C-](C)C.CC#C[C-](C)C.[Y]. The van der Waals surface area contributed by atoms with E-state index in [-0.39, 0.29) is 47.6 Å². The minimum absolute atomic E-state index is 0. The first-order valence-electron chi connectivity index (χ1n) is 4.00. The Labute approximate surface area is 124 Å². The Morgan fingerprint density at radius 3 is 0.867 bits per heavy atom. The van der Waals surface area contributed by atoms with E-state index in [4.69, 9.17) is 0 Å². The molecule has 0 amide bonds. The topological polar surface area (TPSA) is 0 Å². The Kier molecular flexibility index (Phi) is 46.3. The summed E-state index contributed by atoms with van der Waals surface area (Å²) >= 11 is 0. The molecule has 0 spiro atoms. The van der Waals surface area contributed by atoms with Gasteiger partial charge in [0.05, 0.1) is 0 Å². The van der Waals surface area contributed by atoms with Crippen molar-refractivity contribution in [1.29, 1.82) is 0 Å². The molecule has 0 rings (SSSR count). The molecule has 0 saturated carbocycles. The maximum atomic E-state index is 2.88. The van der Waals surface area contributed by atoms with E-state index >= 15 is 0 Å². The molecule has 0 unspecified atom stereocenters. The zero-order chi connectivity index (χ0) is 9.98. The molecule has 0 aliphatic rings. The maximum absolute atomic E-state index is 2.88. The summed E-state index contributed by atoms with van der Waals surface area (Å²) < 4.78 is 0. The van der Waals surface area contributed by atoms with Crippen LogP contribution in [0.3, 0.4) is 0 Å². The van der Waals surface area contributed by atoms with Crippen molar-refractivity contribution >= 4 is 0 Å². The molecule has 87 valence electrons. The van der Waals surface area contributed by atoms with Crippen LogP contribution in [0.25, 0.3) is 0 Å². The molecule has 0 bridgehead atoms. The molecule has 0 aromatic carbocycles. The van der Waals surface area contributed by atoms with Crippen LogP contribution in [0.2, 0.25) is 0 Å². The Balaban J connectivity index is -0.0000000370. The van der Waals surface area contributed by atoms with E-state index in [1.807, 2.05) is 41.5 Å². The van der Waals surface area contributed by atoms with Crippen LogP contribution in [-0.4, -0.2) is 0 Å². The molecular formula is C14H26Y-2. The normalized spacial score (nSPS) is 4.67. The standard InChI is InChI=1S/2C6H9.2CH4.Y/c2*1-4-5-6(2)3;;;/h2*1-3H3;2*1H4;/q2*-1;;;. The second-order valence-electron chi connectivity index (χ2n) is 2.75. The predicted molar refractivity (Wildman–Crippen MR) is 69.5 cm³/mol. The van der Waals surface area contributed by atoms with Gasteiger partial charge in [-0.3, -0.25) is 11.8 Å². The van der Waals surface area contributed by atoms with Crippen molar-refractivity contribution in [2.24, 2.45) is 0 Å². The molecule has 0 fully saturated rings. The van der Waals surface area contributed by atoms with Gasteiger partial charge in [0.2, 0.25) is 0 Å². The third-order valence-electron chi connectivity index (χ3n) is 0.750. The van der Waals surface area contributed by atoms with Gasteiger partial charge in [0.25, 0.3) is 0 Å². The van der Waals surface area contributed by atoms with Crippen molar-refractivity contribution in [3.05, 3.63) is 11.8 Å². The van der Waals surface area contributed by atoms with E-state index < -0.39 is 0 Å². The van der Waals surface area contributed by atoms with Gasteiger partial charge in [-0.25, -0.2) is 0 Å². The number of hydrogen-bond acceptors (Lipinski definition) is 0. The molecule has 1 heteroatoms. The van der Waals surface area contributed by atoms with Crippen molar-refractivity contribution in [2.45, 2.75) is 56.4 Å². The van der Waals surface area contributed by atoms with Gasteiger partial charge in [0, 0.05) is 32.7 Å². The zero-order valence-corrected chi connectivity index (χ0v) is 12.4. The summed E-state index contributed by atoms with van der Waals surface area (Å²) in [4.78, 5) is 0. The van der Waals surface area contributed by atoms with Crippen molar-refractivity contribution in [3.63, 3.8) is 0 Å². The summed E-state index contributed by atoms with van der Waals surface area (Å²) in [5.74, 6) is 13.7. The first kappa shape index (κ1) is 29.4. The summed E-state index contributed by atoms with van der Waals surface area (Å²) in [6.45, 7) is 11.7. The first-order chi connectivity index (χ1) is 5.54. The summed E-state index contributed by atoms with van der Waals surface area (Å²) in [7, 11) is 0. The molecular weight excluding hydrogens is 257 g/mol. The molecule has 0 aliphatic carbocycles. The van der Waals surface area contributed by atoms with Crippen molar-refractivity contribution in [1.82, 2.24) is 0 Å². The fourth-order valence-corrected chi connectivity index (χ4v) is 0.500. The summed E-state index contributed by atoms with van der Waals surface area (Å²) in [5, 5.41) is 0. The zero-order valence-electron chi connectivity index (χ0n) is 9.58. The molecule has 0 saturated heterocycles. The molecule has 0 aromatic heterocycles. The van der Waals surface area contributed by atoms with Crippen LogP contribution in [0.15, 0.2) is 0 Å². The Morgan fingerprint density at radius 2 is 0.867 bits per heavy atom. The molecule has 0 aromatic rings. The van der Waals surface area contributed by atoms with E-state index in [1.165, 1.54) is 11.8 Å². The fourth-order valence-electron chi connectivity index (χ4n) is 0.500. The van der Waals surface area contributed by atoms with Crippen molar-refractivity contribution < 1.29 is 32.7 Å². The molecule has 0 atom stereocenters. The second-order valence-corrected chi connectivity index (χ2v) is 2.75. The average molecular weight is 283 g/mol. The van der Waals surface area contributed by atoms with Gasteiger partial charge in [0.1, 0.15) is 0 Å². The van der Waals surface area contributed by atoms with Crippen LogP contribution < -0.4 is 0 Å². The third kappa shape index (κ3) is 56.2. The summed E-state index contributed by atoms with van der Waals surface area (Å²) in [5.41, 5.74) is 0. The predicted octanol–water partition coefficient (Wildman–Crippen LogP) is 4.52. The van der Waals surface area contributed by atoms with Crippen LogP contribution in [0.4, 0.5) is 0 Å². The smallest absolute Gasteiger partial charge is 0 e. The number of hydrogen-bond donors (Lipinski definition) is 0. The summed E-state index contributed by atoms with van der Waals surface area (Å²) in [6, 6.07) is 0. The Morgan fingerprint density at radius 1 is 0.667 bits per heavy atom. The largest absolute Gasteiger partial charge is 0.330 e.